The normalized spacial score (nSPS) is 10.2. The van der Waals surface area contributed by atoms with Crippen molar-refractivity contribution in [2.45, 2.75) is 0 Å². The number of rotatable bonds is 3. The first-order valence-electron chi connectivity index (χ1n) is 5.62. The first-order chi connectivity index (χ1) is 9.51. The minimum Gasteiger partial charge on any atom is -0.373 e. The van der Waals surface area contributed by atoms with Gasteiger partial charge >= 0.3 is 0 Å². The zero-order chi connectivity index (χ0) is 14.7. The van der Waals surface area contributed by atoms with Gasteiger partial charge < -0.3 is 10.6 Å². The lowest BCUT2D eigenvalue weighted by Gasteiger charge is -2.08. The maximum atomic E-state index is 13.6. The fraction of sp³-hybridized carbons (Fsp3) is 0.0769. The second-order valence-corrected chi connectivity index (χ2v) is 4.71. The Morgan fingerprint density at radius 3 is 2.70 bits per heavy atom. The van der Waals surface area contributed by atoms with Gasteiger partial charge in [-0.15, -0.1) is 0 Å². The second kappa shape index (κ2) is 5.96. The van der Waals surface area contributed by atoms with Crippen molar-refractivity contribution in [3.63, 3.8) is 0 Å². The molecule has 0 aliphatic rings. The van der Waals surface area contributed by atoms with Gasteiger partial charge in [-0.2, -0.15) is 0 Å². The van der Waals surface area contributed by atoms with Crippen LogP contribution in [0.5, 0.6) is 0 Å². The lowest BCUT2D eigenvalue weighted by molar-refractivity contribution is 0.102. The van der Waals surface area contributed by atoms with Crippen LogP contribution in [0.4, 0.5) is 20.3 Å². The first kappa shape index (κ1) is 14.4. The Morgan fingerprint density at radius 1 is 1.25 bits per heavy atom. The minimum atomic E-state index is -0.739. The summed E-state index contributed by atoms with van der Waals surface area (Å²) in [5.74, 6) is -1.53. The standard InChI is InChI=1S/C13H10BrF2N3O/c1-17-12-4-2-3-10(18-12)13(20)19-11-6-8(15)7(14)5-9(11)16/h2-6H,1H3,(H,17,18)(H,19,20). The summed E-state index contributed by atoms with van der Waals surface area (Å²) < 4.78 is 26.9. The van der Waals surface area contributed by atoms with E-state index in [4.69, 9.17) is 0 Å². The quantitative estimate of drug-likeness (QED) is 0.841. The fourth-order valence-electron chi connectivity index (χ4n) is 1.51. The molecule has 7 heteroatoms. The molecular formula is C13H10BrF2N3O. The Morgan fingerprint density at radius 2 is 2.00 bits per heavy atom. The maximum Gasteiger partial charge on any atom is 0.274 e. The lowest BCUT2D eigenvalue weighted by Crippen LogP contribution is -2.15. The molecule has 0 bridgehead atoms. The second-order valence-electron chi connectivity index (χ2n) is 3.86. The van der Waals surface area contributed by atoms with Crippen molar-refractivity contribution >= 4 is 33.3 Å². The SMILES string of the molecule is CNc1cccc(C(=O)Nc2cc(F)c(Br)cc2F)n1. The number of hydrogen-bond donors (Lipinski definition) is 2. The van der Waals surface area contributed by atoms with Crippen molar-refractivity contribution in [1.29, 1.82) is 0 Å². The molecule has 1 amide bonds. The summed E-state index contributed by atoms with van der Waals surface area (Å²) in [5.41, 5.74) is -0.146. The lowest BCUT2D eigenvalue weighted by atomic mass is 10.2. The van der Waals surface area contributed by atoms with E-state index in [1.54, 1.807) is 19.2 Å². The highest BCUT2D eigenvalue weighted by molar-refractivity contribution is 9.10. The average Bonchev–Trinajstić information content (AvgIpc) is 2.44. The molecule has 0 atom stereocenters. The molecule has 104 valence electrons. The highest BCUT2D eigenvalue weighted by atomic mass is 79.9. The van der Waals surface area contributed by atoms with Gasteiger partial charge in [0.15, 0.2) is 0 Å². The van der Waals surface area contributed by atoms with Crippen LogP contribution in [0.2, 0.25) is 0 Å². The van der Waals surface area contributed by atoms with Crippen molar-refractivity contribution in [3.05, 3.63) is 52.1 Å². The van der Waals surface area contributed by atoms with Gasteiger partial charge in [0.1, 0.15) is 23.1 Å². The number of carbonyl (C=O) groups is 1. The molecule has 2 aromatic rings. The molecule has 1 aromatic heterocycles. The Hall–Kier alpha value is -2.02. The predicted molar refractivity (Wildman–Crippen MR) is 75.8 cm³/mol. The van der Waals surface area contributed by atoms with Gasteiger partial charge in [-0.25, -0.2) is 13.8 Å². The topological polar surface area (TPSA) is 54.0 Å². The largest absolute Gasteiger partial charge is 0.373 e. The smallest absolute Gasteiger partial charge is 0.274 e. The number of benzene rings is 1. The highest BCUT2D eigenvalue weighted by Crippen LogP contribution is 2.23. The van der Waals surface area contributed by atoms with Crippen LogP contribution in [0.1, 0.15) is 10.5 Å². The molecule has 0 fully saturated rings. The molecule has 2 N–H and O–H groups in total. The van der Waals surface area contributed by atoms with Crippen LogP contribution in [0.25, 0.3) is 0 Å². The summed E-state index contributed by atoms with van der Waals surface area (Å²) in [6, 6.07) is 6.63. The number of halogens is 3. The molecule has 0 aliphatic heterocycles. The zero-order valence-corrected chi connectivity index (χ0v) is 12.0. The molecule has 0 saturated heterocycles. The maximum absolute atomic E-state index is 13.6. The number of hydrogen-bond acceptors (Lipinski definition) is 3. The third kappa shape index (κ3) is 3.11. The zero-order valence-electron chi connectivity index (χ0n) is 10.4. The van der Waals surface area contributed by atoms with Gasteiger partial charge in [0, 0.05) is 13.1 Å². The van der Waals surface area contributed by atoms with Crippen LogP contribution in [-0.2, 0) is 0 Å². The number of pyridine rings is 1. The van der Waals surface area contributed by atoms with Crippen LogP contribution in [-0.4, -0.2) is 17.9 Å². The van der Waals surface area contributed by atoms with Crippen LogP contribution >= 0.6 is 15.9 Å². The van der Waals surface area contributed by atoms with E-state index in [1.807, 2.05) is 0 Å². The van der Waals surface area contributed by atoms with Crippen LogP contribution in [0, 0.1) is 11.6 Å². The molecule has 20 heavy (non-hydrogen) atoms. The van der Waals surface area contributed by atoms with Crippen molar-refractivity contribution in [1.82, 2.24) is 4.98 Å². The van der Waals surface area contributed by atoms with Gasteiger partial charge in [0.2, 0.25) is 0 Å². The molecule has 2 rings (SSSR count). The van der Waals surface area contributed by atoms with Crippen molar-refractivity contribution in [2.75, 3.05) is 17.7 Å². The molecule has 1 aromatic carbocycles. The molecule has 0 unspecified atom stereocenters. The minimum absolute atomic E-state index is 0.0108. The summed E-state index contributed by atoms with van der Waals surface area (Å²) in [6.07, 6.45) is 0. The van der Waals surface area contributed by atoms with Gasteiger partial charge in [0.25, 0.3) is 5.91 Å². The molecule has 1 heterocycles. The number of amides is 1. The monoisotopic (exact) mass is 341 g/mol. The Kier molecular flexibility index (Phi) is 4.29. The number of aromatic nitrogens is 1. The van der Waals surface area contributed by atoms with Crippen LogP contribution in [0.15, 0.2) is 34.8 Å². The summed E-state index contributed by atoms with van der Waals surface area (Å²) in [6.45, 7) is 0. The molecular weight excluding hydrogens is 332 g/mol. The summed E-state index contributed by atoms with van der Waals surface area (Å²) in [5, 5.41) is 5.06. The molecule has 0 spiro atoms. The number of carbonyl (C=O) groups excluding carboxylic acids is 1. The van der Waals surface area contributed by atoms with E-state index < -0.39 is 17.5 Å². The van der Waals surface area contributed by atoms with Gasteiger partial charge in [-0.1, -0.05) is 6.07 Å². The van der Waals surface area contributed by atoms with Crippen molar-refractivity contribution in [2.24, 2.45) is 0 Å². The average molecular weight is 342 g/mol. The van der Waals surface area contributed by atoms with E-state index in [9.17, 15) is 13.6 Å². The van der Waals surface area contributed by atoms with Crippen LogP contribution < -0.4 is 10.6 Å². The third-order valence-corrected chi connectivity index (χ3v) is 3.10. The van der Waals surface area contributed by atoms with E-state index >= 15 is 0 Å². The van der Waals surface area contributed by atoms with E-state index in [0.717, 1.165) is 12.1 Å². The Bertz CT molecular complexity index is 664. The fourth-order valence-corrected chi connectivity index (χ4v) is 1.82. The van der Waals surface area contributed by atoms with E-state index in [2.05, 4.69) is 31.5 Å². The van der Waals surface area contributed by atoms with Crippen molar-refractivity contribution in [3.8, 4) is 0 Å². The Labute approximate surface area is 122 Å². The summed E-state index contributed by atoms with van der Waals surface area (Å²) in [7, 11) is 1.66. The third-order valence-electron chi connectivity index (χ3n) is 2.50. The predicted octanol–water partition coefficient (Wildman–Crippen LogP) is 3.42. The number of anilines is 2. The number of nitrogens with zero attached hydrogens (tertiary/aromatic N) is 1. The number of nitrogens with one attached hydrogen (secondary N) is 2. The van der Waals surface area contributed by atoms with Gasteiger partial charge in [-0.3, -0.25) is 4.79 Å². The van der Waals surface area contributed by atoms with E-state index in [0.29, 0.717) is 5.82 Å². The molecule has 0 saturated carbocycles. The molecule has 0 radical (unpaired) electrons. The summed E-state index contributed by atoms with van der Waals surface area (Å²) in [4.78, 5) is 15.9. The Balaban J connectivity index is 2.25. The molecule has 4 nitrogen and oxygen atoms in total. The highest BCUT2D eigenvalue weighted by Gasteiger charge is 2.13. The van der Waals surface area contributed by atoms with E-state index in [1.165, 1.54) is 6.07 Å². The molecule has 0 aliphatic carbocycles. The van der Waals surface area contributed by atoms with Crippen molar-refractivity contribution < 1.29 is 13.6 Å². The van der Waals surface area contributed by atoms with Crippen LogP contribution in [0.3, 0.4) is 0 Å². The van der Waals surface area contributed by atoms with E-state index in [-0.39, 0.29) is 15.9 Å². The summed E-state index contributed by atoms with van der Waals surface area (Å²) >= 11 is 2.86. The van der Waals surface area contributed by atoms with Gasteiger partial charge in [0.05, 0.1) is 10.2 Å². The van der Waals surface area contributed by atoms with Gasteiger partial charge in [-0.05, 0) is 34.1 Å². The first-order valence-corrected chi connectivity index (χ1v) is 6.41.